The third-order valence-corrected chi connectivity index (χ3v) is 3.24. The number of carbonyl (C=O) groups is 2. The first kappa shape index (κ1) is 19.1. The molecule has 0 unspecified atom stereocenters. The molecule has 7 heteroatoms. The minimum atomic E-state index is -1.08. The van der Waals surface area contributed by atoms with Gasteiger partial charge in [-0.1, -0.05) is 0 Å². The molecule has 0 fully saturated rings. The molecule has 0 bridgehead atoms. The number of amides is 1. The molecule has 0 radical (unpaired) electrons. The van der Waals surface area contributed by atoms with Gasteiger partial charge >= 0.3 is 38.7 Å². The van der Waals surface area contributed by atoms with E-state index in [2.05, 4.69) is 23.8 Å². The van der Waals surface area contributed by atoms with Gasteiger partial charge in [0.2, 0.25) is 5.91 Å². The van der Waals surface area contributed by atoms with E-state index < -0.39 is 17.9 Å². The van der Waals surface area contributed by atoms with E-state index in [-0.39, 0.29) is 58.9 Å². The van der Waals surface area contributed by atoms with Crippen molar-refractivity contribution in [2.24, 2.45) is 0 Å². The van der Waals surface area contributed by atoms with Crippen LogP contribution < -0.4 is 4.90 Å². The van der Waals surface area contributed by atoms with Crippen LogP contribution in [0.4, 0.5) is 5.69 Å². The van der Waals surface area contributed by atoms with Crippen LogP contribution in [0.1, 0.15) is 18.5 Å². The van der Waals surface area contributed by atoms with Gasteiger partial charge in [0.1, 0.15) is 12.9 Å². The molecule has 0 aliphatic carbocycles. The topological polar surface area (TPSA) is 83.4 Å². The van der Waals surface area contributed by atoms with Crippen LogP contribution in [0.3, 0.4) is 0 Å². The van der Waals surface area contributed by atoms with Crippen molar-refractivity contribution in [1.29, 1.82) is 0 Å². The van der Waals surface area contributed by atoms with Gasteiger partial charge in [-0.05, 0) is 0 Å². The molecule has 0 saturated carbocycles. The molecule has 6 nitrogen and oxygen atoms in total. The second kappa shape index (κ2) is 7.22. The first-order valence-electron chi connectivity index (χ1n) is 5.49. The van der Waals surface area contributed by atoms with Crippen molar-refractivity contribution in [3.05, 3.63) is 39.5 Å². The number of anilines is 1. The number of carboxylic acid groups (broad SMARTS) is 1. The summed E-state index contributed by atoms with van der Waals surface area (Å²) in [6.07, 6.45) is 3.37. The van der Waals surface area contributed by atoms with Crippen molar-refractivity contribution in [2.45, 2.75) is 18.3 Å². The molecule has 104 valence electrons. The summed E-state index contributed by atoms with van der Waals surface area (Å²) >= 11 is 0. The number of hydrogen-bond donors (Lipinski definition) is 1. The first-order valence-corrected chi connectivity index (χ1v) is 5.49. The molecule has 1 N–H and O–H groups in total. The normalized spacial score (nSPS) is 15.1. The fourth-order valence-corrected chi connectivity index (χ4v) is 2.23. The monoisotopic (exact) mass is 351 g/mol. The molecule has 0 atom stereocenters. The van der Waals surface area contributed by atoms with Crippen molar-refractivity contribution < 1.29 is 47.4 Å². The maximum atomic E-state index is 12.4. The maximum absolute atomic E-state index is 12.4. The minimum absolute atomic E-state index is 0. The molecule has 1 aliphatic rings. The number of rotatable bonds is 4. The van der Waals surface area contributed by atoms with E-state index >= 15 is 0 Å². The van der Waals surface area contributed by atoms with E-state index in [0.29, 0.717) is 11.4 Å². The van der Waals surface area contributed by atoms with Crippen LogP contribution in [-0.2, 0) is 47.7 Å². The van der Waals surface area contributed by atoms with Gasteiger partial charge in [-0.25, -0.2) is 9.97 Å². The number of aliphatic carboxylic acids is 1. The van der Waals surface area contributed by atoms with Crippen molar-refractivity contribution in [3.63, 3.8) is 0 Å². The second-order valence-corrected chi connectivity index (χ2v) is 4.12. The molecule has 1 amide bonds. The van der Waals surface area contributed by atoms with Crippen molar-refractivity contribution in [2.75, 3.05) is 11.4 Å². The molecule has 1 aromatic heterocycles. The summed E-state index contributed by atoms with van der Waals surface area (Å²) in [6.45, 7) is 7.15. The van der Waals surface area contributed by atoms with Gasteiger partial charge < -0.3 is 26.4 Å². The zero-order chi connectivity index (χ0) is 13.3. The molecule has 0 aromatic carbocycles. The number of hydrogen-bond acceptors (Lipinski definition) is 4. The molecular weight excluding hydrogens is 335 g/mol. The van der Waals surface area contributed by atoms with E-state index in [9.17, 15) is 9.59 Å². The maximum Gasteiger partial charge on any atom is 3.00 e. The van der Waals surface area contributed by atoms with Crippen LogP contribution in [0.15, 0.2) is 12.5 Å². The number of carboxylic acids is 1. The van der Waals surface area contributed by atoms with E-state index in [1.54, 1.807) is 0 Å². The van der Waals surface area contributed by atoms with Crippen molar-refractivity contribution in [3.8, 4) is 0 Å². The summed E-state index contributed by atoms with van der Waals surface area (Å²) in [4.78, 5) is 32.4. The van der Waals surface area contributed by atoms with Crippen LogP contribution in [0, 0.1) is 21.3 Å². The smallest absolute Gasteiger partial charge is 0.480 e. The standard InChI is InChI=1S/C12H13N3O3.CH3.Y/c1-3-12(4-2)10-8(5-13-7-14-10)15(11(12)18)6-9(16)17;;/h5,7H,1-4,6H2,(H,16,17);1H3;/q-2;-1;+3. The Hall–Kier alpha value is -0.876. The molecule has 20 heavy (non-hydrogen) atoms. The Morgan fingerprint density at radius 3 is 2.50 bits per heavy atom. The Morgan fingerprint density at radius 2 is 2.00 bits per heavy atom. The van der Waals surface area contributed by atoms with Crippen LogP contribution in [0.5, 0.6) is 0 Å². The number of fused-ring (bicyclic) bond motifs is 1. The van der Waals surface area contributed by atoms with E-state index in [1.165, 1.54) is 17.4 Å². The molecular formula is C13H16N3O3Y. The summed E-state index contributed by atoms with van der Waals surface area (Å²) < 4.78 is 0. The first-order chi connectivity index (χ1) is 8.56. The molecule has 1 aromatic rings. The Kier molecular flexibility index (Phi) is 6.91. The van der Waals surface area contributed by atoms with Gasteiger partial charge in [0.05, 0.1) is 17.6 Å². The van der Waals surface area contributed by atoms with Gasteiger partial charge in [0.15, 0.2) is 0 Å². The summed E-state index contributed by atoms with van der Waals surface area (Å²) in [5.74, 6) is -1.40. The molecule has 0 spiro atoms. The zero-order valence-corrected chi connectivity index (χ0v) is 14.2. The van der Waals surface area contributed by atoms with E-state index in [4.69, 9.17) is 5.11 Å². The Morgan fingerprint density at radius 1 is 1.40 bits per heavy atom. The summed E-state index contributed by atoms with van der Waals surface area (Å²) in [5.41, 5.74) is 0.0409. The third kappa shape index (κ3) is 2.77. The molecule has 2 rings (SSSR count). The predicted octanol–water partition coefficient (Wildman–Crippen LogP) is 1.04. The predicted molar refractivity (Wildman–Crippen MR) is 70.1 cm³/mol. The fourth-order valence-electron chi connectivity index (χ4n) is 2.23. The minimum Gasteiger partial charge on any atom is -0.480 e. The number of aromatic nitrogens is 2. The SMILES string of the molecule is [CH2-]CC1(C[CH2-])C(=O)N(CC(=O)O)c2cncnc21.[CH3-].[Y+3]. The summed E-state index contributed by atoms with van der Waals surface area (Å²) in [5, 5.41) is 8.87. The van der Waals surface area contributed by atoms with Crippen LogP contribution in [-0.4, -0.2) is 33.5 Å². The summed E-state index contributed by atoms with van der Waals surface area (Å²) in [7, 11) is 0. The molecule has 0 saturated heterocycles. The van der Waals surface area contributed by atoms with Gasteiger partial charge in [-0.15, -0.1) is 0 Å². The third-order valence-electron chi connectivity index (χ3n) is 3.24. The van der Waals surface area contributed by atoms with E-state index in [1.807, 2.05) is 0 Å². The Labute approximate surface area is 143 Å². The fraction of sp³-hybridized carbons (Fsp3) is 0.308. The average molecular weight is 351 g/mol. The van der Waals surface area contributed by atoms with Crippen LogP contribution >= 0.6 is 0 Å². The van der Waals surface area contributed by atoms with E-state index in [0.717, 1.165) is 0 Å². The number of nitrogens with zero attached hydrogens (tertiary/aromatic N) is 3. The Bertz CT molecular complexity index is 503. The largest absolute Gasteiger partial charge is 3.00 e. The summed E-state index contributed by atoms with van der Waals surface area (Å²) in [6, 6.07) is 0. The quantitative estimate of drug-likeness (QED) is 0.820. The van der Waals surface area contributed by atoms with Crippen LogP contribution in [0.2, 0.25) is 0 Å². The molecule has 2 heterocycles. The van der Waals surface area contributed by atoms with Gasteiger partial charge in [0.25, 0.3) is 0 Å². The molecule has 1 aliphatic heterocycles. The average Bonchev–Trinajstić information content (AvgIpc) is 2.60. The Balaban J connectivity index is 0.00000180. The number of carbonyl (C=O) groups excluding carboxylic acids is 1. The second-order valence-electron chi connectivity index (χ2n) is 4.12. The van der Waals surface area contributed by atoms with Gasteiger partial charge in [-0.2, -0.15) is 12.8 Å². The van der Waals surface area contributed by atoms with Gasteiger partial charge in [0, 0.05) is 5.41 Å². The zero-order valence-electron chi connectivity index (χ0n) is 11.4. The van der Waals surface area contributed by atoms with Crippen molar-refractivity contribution >= 4 is 17.6 Å². The van der Waals surface area contributed by atoms with Crippen LogP contribution in [0.25, 0.3) is 0 Å². The van der Waals surface area contributed by atoms with Crippen molar-refractivity contribution in [1.82, 2.24) is 9.97 Å². The van der Waals surface area contributed by atoms with Gasteiger partial charge in [-0.3, -0.25) is 14.5 Å².